The molecule has 0 aliphatic carbocycles. The van der Waals surface area contributed by atoms with E-state index in [0.717, 1.165) is 16.0 Å². The molecule has 9 heteroatoms. The molecular formula is C22H17BrN6O2. The van der Waals surface area contributed by atoms with Crippen molar-refractivity contribution in [3.63, 3.8) is 0 Å². The second-order valence-corrected chi connectivity index (χ2v) is 7.97. The Morgan fingerprint density at radius 2 is 1.90 bits per heavy atom. The van der Waals surface area contributed by atoms with Crippen LogP contribution in [-0.2, 0) is 11.2 Å². The zero-order valence-corrected chi connectivity index (χ0v) is 18.4. The van der Waals surface area contributed by atoms with Crippen LogP contribution in [0.3, 0.4) is 0 Å². The Balaban J connectivity index is 1.97. The van der Waals surface area contributed by atoms with E-state index in [-0.39, 0.29) is 22.9 Å². The van der Waals surface area contributed by atoms with Crippen molar-refractivity contribution < 1.29 is 9.59 Å². The molecule has 31 heavy (non-hydrogen) atoms. The Morgan fingerprint density at radius 3 is 2.58 bits per heavy atom. The molecule has 0 bridgehead atoms. The quantitative estimate of drug-likeness (QED) is 0.426. The molecule has 2 aromatic carbocycles. The summed E-state index contributed by atoms with van der Waals surface area (Å²) in [5, 5.41) is 13.7. The van der Waals surface area contributed by atoms with Gasteiger partial charge in [0.05, 0.1) is 17.3 Å². The van der Waals surface area contributed by atoms with E-state index < -0.39 is 11.8 Å². The van der Waals surface area contributed by atoms with Gasteiger partial charge in [-0.1, -0.05) is 42.5 Å². The molecule has 1 atom stereocenters. The lowest BCUT2D eigenvalue weighted by atomic mass is 9.90. The van der Waals surface area contributed by atoms with Gasteiger partial charge in [-0.3, -0.25) is 14.5 Å². The van der Waals surface area contributed by atoms with Crippen LogP contribution in [0.2, 0.25) is 0 Å². The molecule has 4 rings (SSSR count). The number of likely N-dealkylation sites (N-methyl/N-ethyl adjacent to an activating group) is 1. The number of nitrogens with zero attached hydrogens (tertiary/aromatic N) is 6. The Labute approximate surface area is 186 Å². The van der Waals surface area contributed by atoms with Crippen molar-refractivity contribution >= 4 is 27.7 Å². The summed E-state index contributed by atoms with van der Waals surface area (Å²) in [4.78, 5) is 35.3. The van der Waals surface area contributed by atoms with Crippen molar-refractivity contribution in [2.75, 3.05) is 7.05 Å². The maximum atomic E-state index is 13.0. The molecule has 8 nitrogen and oxygen atoms in total. The van der Waals surface area contributed by atoms with Crippen molar-refractivity contribution in [3.8, 4) is 11.9 Å². The normalized spacial score (nSPS) is 16.3. The molecule has 0 saturated heterocycles. The van der Waals surface area contributed by atoms with E-state index in [1.165, 1.54) is 11.7 Å². The highest BCUT2D eigenvalue weighted by atomic mass is 79.9. The van der Waals surface area contributed by atoms with Crippen molar-refractivity contribution in [1.29, 1.82) is 5.26 Å². The minimum absolute atomic E-state index is 0.000496. The van der Waals surface area contributed by atoms with Crippen molar-refractivity contribution in [2.45, 2.75) is 19.3 Å². The molecular weight excluding hydrogens is 460 g/mol. The molecule has 0 saturated carbocycles. The first kappa shape index (κ1) is 20.6. The number of imide groups is 1. The highest BCUT2D eigenvalue weighted by Crippen LogP contribution is 2.29. The molecule has 1 aliphatic rings. The molecule has 1 unspecified atom stereocenters. The number of aryl methyl sites for hydroxylation is 1. The molecule has 154 valence electrons. The van der Waals surface area contributed by atoms with Crippen LogP contribution in [0.25, 0.3) is 5.69 Å². The first-order valence-corrected chi connectivity index (χ1v) is 10.3. The van der Waals surface area contributed by atoms with Gasteiger partial charge in [-0.25, -0.2) is 4.98 Å². The summed E-state index contributed by atoms with van der Waals surface area (Å²) in [6.45, 7) is 1.88. The van der Waals surface area contributed by atoms with E-state index >= 15 is 0 Å². The fourth-order valence-corrected chi connectivity index (χ4v) is 4.23. The van der Waals surface area contributed by atoms with Crippen LogP contribution < -0.4 is 5.62 Å². The first-order chi connectivity index (χ1) is 14.9. The zero-order chi connectivity index (χ0) is 22.1. The number of hydrogen-bond donors (Lipinski definition) is 0. The number of halogens is 1. The fraction of sp³-hybridized carbons (Fsp3) is 0.182. The lowest BCUT2D eigenvalue weighted by molar-refractivity contribution is -0.129. The fourth-order valence-electron chi connectivity index (χ4n) is 3.60. The topological polar surface area (TPSA) is 104 Å². The number of aromatic nitrogens is 3. The average molecular weight is 477 g/mol. The largest absolute Gasteiger partial charge is 0.282 e. The number of carbonyl (C=O) groups excluding carboxylic acids is 2. The summed E-state index contributed by atoms with van der Waals surface area (Å²) in [6, 6.07) is 15.0. The van der Waals surface area contributed by atoms with Crippen molar-refractivity contribution in [3.05, 3.63) is 81.1 Å². The molecule has 2 amide bonds. The van der Waals surface area contributed by atoms with E-state index in [0.29, 0.717) is 16.6 Å². The average Bonchev–Trinajstić information content (AvgIpc) is 2.76. The summed E-state index contributed by atoms with van der Waals surface area (Å²) >= 11 is 3.50. The minimum Gasteiger partial charge on any atom is -0.280 e. The van der Waals surface area contributed by atoms with Crippen LogP contribution in [-0.4, -0.2) is 38.5 Å². The summed E-state index contributed by atoms with van der Waals surface area (Å²) in [7, 11) is 1.44. The second kappa shape index (κ2) is 8.24. The summed E-state index contributed by atoms with van der Waals surface area (Å²) in [5.41, 5.74) is 2.67. The van der Waals surface area contributed by atoms with Gasteiger partial charge in [-0.05, 0) is 46.5 Å². The van der Waals surface area contributed by atoms with Gasteiger partial charge < -0.3 is 0 Å². The third-order valence-corrected chi connectivity index (χ3v) is 5.79. The highest BCUT2D eigenvalue weighted by molar-refractivity contribution is 9.10. The van der Waals surface area contributed by atoms with Crippen LogP contribution in [0.15, 0.2) is 58.0 Å². The molecule has 0 radical (unpaired) electrons. The number of nitriles is 1. The second-order valence-electron chi connectivity index (χ2n) is 7.12. The smallest absolute Gasteiger partial charge is 0.280 e. The van der Waals surface area contributed by atoms with Crippen LogP contribution in [0.4, 0.5) is 0 Å². The molecule has 2 heterocycles. The maximum absolute atomic E-state index is 13.0. The number of amides is 2. The number of para-hydroxylation sites is 1. The van der Waals surface area contributed by atoms with Gasteiger partial charge in [0.25, 0.3) is 11.5 Å². The van der Waals surface area contributed by atoms with Gasteiger partial charge in [-0.15, -0.1) is 4.99 Å². The highest BCUT2D eigenvalue weighted by Gasteiger charge is 2.40. The summed E-state index contributed by atoms with van der Waals surface area (Å²) in [6.07, 6.45) is 2.09. The summed E-state index contributed by atoms with van der Waals surface area (Å²) in [5.74, 6) is -1.62. The van der Waals surface area contributed by atoms with Crippen LogP contribution >= 0.6 is 15.9 Å². The Bertz CT molecular complexity index is 1290. The monoisotopic (exact) mass is 476 g/mol. The van der Waals surface area contributed by atoms with Gasteiger partial charge in [0.15, 0.2) is 5.69 Å². The Hall–Kier alpha value is -3.64. The van der Waals surface area contributed by atoms with Crippen LogP contribution in [0, 0.1) is 18.4 Å². The minimum atomic E-state index is -0.713. The van der Waals surface area contributed by atoms with E-state index in [1.54, 1.807) is 6.19 Å². The predicted molar refractivity (Wildman–Crippen MR) is 115 cm³/mol. The van der Waals surface area contributed by atoms with Gasteiger partial charge in [0.1, 0.15) is 0 Å². The third-order valence-electron chi connectivity index (χ3n) is 5.15. The van der Waals surface area contributed by atoms with Gasteiger partial charge in [-0.2, -0.15) is 15.0 Å². The lowest BCUT2D eigenvalue weighted by Crippen LogP contribution is -2.46. The van der Waals surface area contributed by atoms with Crippen LogP contribution in [0.5, 0.6) is 0 Å². The third kappa shape index (κ3) is 3.66. The predicted octanol–water partition coefficient (Wildman–Crippen LogP) is 2.66. The van der Waals surface area contributed by atoms with E-state index in [1.807, 2.05) is 55.5 Å². The van der Waals surface area contributed by atoms with Crippen molar-refractivity contribution in [1.82, 2.24) is 19.7 Å². The van der Waals surface area contributed by atoms with E-state index in [4.69, 9.17) is 0 Å². The Kier molecular flexibility index (Phi) is 5.48. The molecule has 0 fully saturated rings. The SMILES string of the molecule is Cc1cccc(Br)c1-n1nc2c(nc1=NC#N)C(Cc1ccccc1)C(=O)N(C)C2=O. The molecule has 1 aliphatic heterocycles. The number of fused-ring (bicyclic) bond motifs is 1. The van der Waals surface area contributed by atoms with Gasteiger partial charge in [0.2, 0.25) is 12.1 Å². The first-order valence-electron chi connectivity index (χ1n) is 9.47. The van der Waals surface area contributed by atoms with Gasteiger partial charge in [0, 0.05) is 11.5 Å². The van der Waals surface area contributed by atoms with Gasteiger partial charge >= 0.3 is 0 Å². The number of hydrogen-bond acceptors (Lipinski definition) is 6. The number of benzene rings is 2. The molecule has 0 N–H and O–H groups in total. The lowest BCUT2D eigenvalue weighted by Gasteiger charge is -2.29. The van der Waals surface area contributed by atoms with E-state index in [2.05, 4.69) is 31.0 Å². The molecule has 1 aromatic heterocycles. The van der Waals surface area contributed by atoms with Crippen LogP contribution in [0.1, 0.15) is 33.2 Å². The number of rotatable bonds is 3. The standard InChI is InChI=1S/C22H17BrN6O2/c1-13-7-6-10-16(23)19(13)29-22(25-12-24)26-17-15(11-14-8-4-3-5-9-14)20(30)28(2)21(31)18(17)27-29/h3-10,15H,11H2,1-2H3. The molecule has 3 aromatic rings. The molecule has 0 spiro atoms. The van der Waals surface area contributed by atoms with E-state index in [9.17, 15) is 14.9 Å². The maximum Gasteiger partial charge on any atom is 0.282 e. The summed E-state index contributed by atoms with van der Waals surface area (Å²) < 4.78 is 2.07. The van der Waals surface area contributed by atoms with Crippen molar-refractivity contribution in [2.24, 2.45) is 4.99 Å². The zero-order valence-electron chi connectivity index (χ0n) is 16.8. The Morgan fingerprint density at radius 1 is 1.16 bits per heavy atom. The number of carbonyl (C=O) groups is 2.